The van der Waals surface area contributed by atoms with Crippen molar-refractivity contribution in [2.24, 2.45) is 0 Å². The Morgan fingerprint density at radius 2 is 1.12 bits per heavy atom. The van der Waals surface area contributed by atoms with Gasteiger partial charge in [0.2, 0.25) is 0 Å². The average molecular weight is 272 g/mol. The van der Waals surface area contributed by atoms with Gasteiger partial charge in [-0.25, -0.2) is 0 Å². The third-order valence-electron chi connectivity index (χ3n) is 2.84. The van der Waals surface area contributed by atoms with Gasteiger partial charge in [0.1, 0.15) is 0 Å². The summed E-state index contributed by atoms with van der Waals surface area (Å²) >= 11 is 0. The number of rotatable bonds is 8. The predicted molar refractivity (Wildman–Crippen MR) is 93.6 cm³/mol. The quantitative estimate of drug-likeness (QED) is 0.452. The molecule has 100 valence electrons. The molecular weight excluding hydrogens is 242 g/mol. The van der Waals surface area contributed by atoms with Crippen LogP contribution >= 0.6 is 14.5 Å². The summed E-state index contributed by atoms with van der Waals surface area (Å²) < 4.78 is 0. The summed E-state index contributed by atoms with van der Waals surface area (Å²) in [4.78, 5) is 0. The van der Waals surface area contributed by atoms with Crippen molar-refractivity contribution in [3.63, 3.8) is 0 Å². The summed E-state index contributed by atoms with van der Waals surface area (Å²) in [5.74, 6) is 1.49. The summed E-state index contributed by atoms with van der Waals surface area (Å²) in [5.41, 5.74) is 0. The number of hydrogen-bond acceptors (Lipinski definition) is 0. The fraction of sp³-hybridized carbons (Fsp3) is 0.467. The maximum atomic E-state index is 3.72. The van der Waals surface area contributed by atoms with E-state index in [-0.39, 0.29) is 0 Å². The van der Waals surface area contributed by atoms with Gasteiger partial charge >= 0.3 is 109 Å². The Bertz CT molecular complexity index is 266. The zero-order valence-electron chi connectivity index (χ0n) is 12.0. The van der Waals surface area contributed by atoms with Crippen molar-refractivity contribution in [3.05, 3.63) is 49.6 Å². The first kappa shape index (κ1) is 16.8. The first-order valence-electron chi connectivity index (χ1n) is 6.38. The molecule has 0 nitrogen and oxygen atoms in total. The molecule has 0 saturated carbocycles. The van der Waals surface area contributed by atoms with Crippen LogP contribution in [-0.4, -0.2) is 44.9 Å². The Kier molecular flexibility index (Phi) is 7.93. The van der Waals surface area contributed by atoms with E-state index in [1.807, 2.05) is 12.2 Å². The Labute approximate surface area is 109 Å². The van der Waals surface area contributed by atoms with Crippen LogP contribution in [0.2, 0.25) is 0 Å². The van der Waals surface area contributed by atoms with Crippen LogP contribution in [0.3, 0.4) is 0 Å². The summed E-state index contributed by atoms with van der Waals surface area (Å²) in [6.45, 7) is 17.5. The average Bonchev–Trinajstić information content (AvgIpc) is 2.16. The summed E-state index contributed by atoms with van der Waals surface area (Å²) in [5, 5.41) is 0. The van der Waals surface area contributed by atoms with Crippen molar-refractivity contribution in [2.75, 3.05) is 44.9 Å². The summed E-state index contributed by atoms with van der Waals surface area (Å²) in [6, 6.07) is 0. The third kappa shape index (κ3) is 9.51. The standard InChI is InChI=1S/C15H30P2/c1-7-9-11-13-16(3,4)15-17(5,6)14-12-10-8-2/h7-12,16-17H,1-2,13-15H2,3-6H3/b11-9+,12-10+. The molecule has 0 aliphatic heterocycles. The first-order valence-corrected chi connectivity index (χ1v) is 13.2. The maximum absolute atomic E-state index is 3.72. The molecule has 0 radical (unpaired) electrons. The van der Waals surface area contributed by atoms with Crippen molar-refractivity contribution < 1.29 is 0 Å². The van der Waals surface area contributed by atoms with Gasteiger partial charge in [0.05, 0.1) is 0 Å². The molecule has 0 rings (SSSR count). The van der Waals surface area contributed by atoms with E-state index in [0.29, 0.717) is 0 Å². The van der Waals surface area contributed by atoms with Crippen molar-refractivity contribution in [1.29, 1.82) is 0 Å². The zero-order chi connectivity index (χ0) is 13.4. The Hall–Kier alpha value is -0.180. The van der Waals surface area contributed by atoms with Gasteiger partial charge in [0.15, 0.2) is 0 Å². The molecule has 0 heterocycles. The fourth-order valence-electron chi connectivity index (χ4n) is 2.41. The third-order valence-corrected chi connectivity index (χ3v) is 13.2. The number of hydrogen-bond donors (Lipinski definition) is 0. The van der Waals surface area contributed by atoms with Gasteiger partial charge in [-0.2, -0.15) is 0 Å². The SMILES string of the molecule is C=C/C=C/C[PH](C)(C)C[PH](C)(C)C/C=C/C=C. The fourth-order valence-corrected chi connectivity index (χ4v) is 15.5. The molecule has 0 aromatic carbocycles. The number of allylic oxidation sites excluding steroid dienone is 6. The second-order valence-corrected chi connectivity index (χ2v) is 17.1. The molecule has 0 bridgehead atoms. The minimum absolute atomic E-state index is 1.07. The van der Waals surface area contributed by atoms with E-state index in [9.17, 15) is 0 Å². The van der Waals surface area contributed by atoms with Crippen molar-refractivity contribution >= 4 is 14.5 Å². The van der Waals surface area contributed by atoms with Gasteiger partial charge in [-0.1, -0.05) is 0 Å². The van der Waals surface area contributed by atoms with Crippen molar-refractivity contribution in [1.82, 2.24) is 0 Å². The van der Waals surface area contributed by atoms with E-state index < -0.39 is 14.5 Å². The van der Waals surface area contributed by atoms with E-state index in [0.717, 1.165) is 0 Å². The summed E-state index contributed by atoms with van der Waals surface area (Å²) in [7, 11) is -2.14. The van der Waals surface area contributed by atoms with Gasteiger partial charge in [0.25, 0.3) is 0 Å². The molecule has 0 aliphatic carbocycles. The van der Waals surface area contributed by atoms with E-state index in [1.165, 1.54) is 18.2 Å². The van der Waals surface area contributed by atoms with Crippen LogP contribution in [0.4, 0.5) is 0 Å². The van der Waals surface area contributed by atoms with Crippen LogP contribution in [0.1, 0.15) is 0 Å². The van der Waals surface area contributed by atoms with Crippen molar-refractivity contribution in [2.45, 2.75) is 0 Å². The zero-order valence-corrected chi connectivity index (χ0v) is 14.0. The predicted octanol–water partition coefficient (Wildman–Crippen LogP) is 4.45. The van der Waals surface area contributed by atoms with Gasteiger partial charge in [-0.15, -0.1) is 0 Å². The molecule has 0 amide bonds. The molecular formula is C15H30P2. The Balaban J connectivity index is 4.35. The van der Waals surface area contributed by atoms with E-state index in [4.69, 9.17) is 0 Å². The van der Waals surface area contributed by atoms with Crippen LogP contribution in [0, 0.1) is 0 Å². The van der Waals surface area contributed by atoms with Crippen molar-refractivity contribution in [3.8, 4) is 0 Å². The van der Waals surface area contributed by atoms with E-state index >= 15 is 0 Å². The first-order chi connectivity index (χ1) is 7.83. The van der Waals surface area contributed by atoms with Crippen LogP contribution in [0.5, 0.6) is 0 Å². The van der Waals surface area contributed by atoms with E-state index in [2.05, 4.69) is 64.1 Å². The molecule has 2 heteroatoms. The summed E-state index contributed by atoms with van der Waals surface area (Å²) in [6.07, 6.45) is 15.1. The van der Waals surface area contributed by atoms with Crippen LogP contribution in [0.25, 0.3) is 0 Å². The second kappa shape index (κ2) is 8.02. The molecule has 0 atom stereocenters. The van der Waals surface area contributed by atoms with Gasteiger partial charge in [0, 0.05) is 0 Å². The van der Waals surface area contributed by atoms with Crippen LogP contribution < -0.4 is 0 Å². The van der Waals surface area contributed by atoms with Crippen LogP contribution in [-0.2, 0) is 0 Å². The molecule has 0 fully saturated rings. The Morgan fingerprint density at radius 1 is 0.765 bits per heavy atom. The molecule has 0 spiro atoms. The molecule has 0 saturated heterocycles. The molecule has 0 aliphatic rings. The molecule has 0 unspecified atom stereocenters. The molecule has 17 heavy (non-hydrogen) atoms. The minimum atomic E-state index is -1.07. The molecule has 0 aromatic rings. The topological polar surface area (TPSA) is 0 Å². The molecule has 0 N–H and O–H groups in total. The van der Waals surface area contributed by atoms with E-state index in [1.54, 1.807) is 0 Å². The Morgan fingerprint density at radius 3 is 1.41 bits per heavy atom. The molecule has 0 aromatic heterocycles. The van der Waals surface area contributed by atoms with Gasteiger partial charge in [-0.05, 0) is 0 Å². The van der Waals surface area contributed by atoms with Crippen LogP contribution in [0.15, 0.2) is 49.6 Å². The van der Waals surface area contributed by atoms with Gasteiger partial charge in [-0.3, -0.25) is 0 Å². The normalized spacial score (nSPS) is 15.3. The van der Waals surface area contributed by atoms with Gasteiger partial charge < -0.3 is 0 Å². The second-order valence-electron chi connectivity index (χ2n) is 6.24. The monoisotopic (exact) mass is 272 g/mol.